The van der Waals surface area contributed by atoms with Crippen molar-refractivity contribution in [2.75, 3.05) is 13.2 Å². The number of halogens is 1. The zero-order valence-electron chi connectivity index (χ0n) is 15.7. The monoisotopic (exact) mass is 383 g/mol. The van der Waals surface area contributed by atoms with E-state index in [-0.39, 0.29) is 17.8 Å². The van der Waals surface area contributed by atoms with Crippen LogP contribution in [0.4, 0.5) is 4.39 Å². The predicted molar refractivity (Wildman–Crippen MR) is 101 cm³/mol. The Kier molecular flexibility index (Phi) is 5.25. The summed E-state index contributed by atoms with van der Waals surface area (Å²) in [7, 11) is 1.75. The van der Waals surface area contributed by atoms with E-state index in [9.17, 15) is 9.18 Å². The second-order valence-electron chi connectivity index (χ2n) is 6.90. The summed E-state index contributed by atoms with van der Waals surface area (Å²) in [4.78, 5) is 15.3. The van der Waals surface area contributed by atoms with Crippen molar-refractivity contribution in [1.82, 2.24) is 14.7 Å². The number of benzene rings is 1. The second-order valence-corrected chi connectivity index (χ2v) is 6.90. The zero-order chi connectivity index (χ0) is 19.5. The average molecular weight is 383 g/mol. The maximum Gasteiger partial charge on any atom is 0.272 e. The standard InChI is InChI=1S/C21H22FN3O3/c1-24-20(13-19(23-24)15-4-6-16(22)7-5-15)21(26)25(14-18-3-2-10-28-18)17-8-11-27-12-9-17/h2-7,10,13,17H,8-9,11-12,14H2,1H3. The van der Waals surface area contributed by atoms with Gasteiger partial charge < -0.3 is 14.1 Å². The predicted octanol–water partition coefficient (Wildman–Crippen LogP) is 3.64. The molecule has 7 heteroatoms. The molecule has 1 aliphatic rings. The molecule has 28 heavy (non-hydrogen) atoms. The Morgan fingerprint density at radius 1 is 1.25 bits per heavy atom. The average Bonchev–Trinajstić information content (AvgIpc) is 3.36. The molecule has 2 aromatic heterocycles. The Morgan fingerprint density at radius 2 is 2.00 bits per heavy atom. The molecule has 0 unspecified atom stereocenters. The molecule has 1 aliphatic heterocycles. The number of furan rings is 1. The molecular formula is C21H22FN3O3. The lowest BCUT2D eigenvalue weighted by Crippen LogP contribution is -2.43. The second kappa shape index (κ2) is 7.98. The molecule has 0 bridgehead atoms. The van der Waals surface area contributed by atoms with E-state index in [0.717, 1.165) is 24.2 Å². The molecule has 0 spiro atoms. The molecule has 1 saturated heterocycles. The largest absolute Gasteiger partial charge is 0.467 e. The van der Waals surface area contributed by atoms with Crippen molar-refractivity contribution in [3.63, 3.8) is 0 Å². The number of aryl methyl sites for hydroxylation is 1. The maximum atomic E-state index is 13.4. The Hall–Kier alpha value is -2.93. The lowest BCUT2D eigenvalue weighted by molar-refractivity contribution is 0.0243. The highest BCUT2D eigenvalue weighted by Crippen LogP contribution is 2.24. The van der Waals surface area contributed by atoms with Crippen LogP contribution in [-0.2, 0) is 18.3 Å². The van der Waals surface area contributed by atoms with Gasteiger partial charge in [-0.15, -0.1) is 0 Å². The summed E-state index contributed by atoms with van der Waals surface area (Å²) in [6.07, 6.45) is 3.18. The van der Waals surface area contributed by atoms with E-state index in [4.69, 9.17) is 9.15 Å². The quantitative estimate of drug-likeness (QED) is 0.675. The molecule has 3 aromatic rings. The summed E-state index contributed by atoms with van der Waals surface area (Å²) in [6, 6.07) is 11.6. The van der Waals surface area contributed by atoms with Crippen molar-refractivity contribution in [2.24, 2.45) is 7.05 Å². The summed E-state index contributed by atoms with van der Waals surface area (Å²) in [6.45, 7) is 1.67. The molecule has 0 radical (unpaired) electrons. The Balaban J connectivity index is 1.63. The SMILES string of the molecule is Cn1nc(-c2ccc(F)cc2)cc1C(=O)N(Cc1ccco1)C1CCOCC1. The van der Waals surface area contributed by atoms with Crippen LogP contribution in [0.1, 0.15) is 29.1 Å². The first-order chi connectivity index (χ1) is 13.6. The van der Waals surface area contributed by atoms with Gasteiger partial charge in [-0.1, -0.05) is 0 Å². The molecular weight excluding hydrogens is 361 g/mol. The molecule has 0 aliphatic carbocycles. The first-order valence-electron chi connectivity index (χ1n) is 9.33. The summed E-state index contributed by atoms with van der Waals surface area (Å²) < 4.78 is 25.7. The molecule has 1 amide bonds. The lowest BCUT2D eigenvalue weighted by Gasteiger charge is -2.33. The summed E-state index contributed by atoms with van der Waals surface area (Å²) in [5.41, 5.74) is 1.88. The van der Waals surface area contributed by atoms with Crippen LogP contribution >= 0.6 is 0 Å². The minimum atomic E-state index is -0.305. The highest BCUT2D eigenvalue weighted by Gasteiger charge is 2.29. The summed E-state index contributed by atoms with van der Waals surface area (Å²) in [5, 5.41) is 4.45. The van der Waals surface area contributed by atoms with Gasteiger partial charge in [0, 0.05) is 31.9 Å². The molecule has 146 valence electrons. The van der Waals surface area contributed by atoms with Gasteiger partial charge in [0.1, 0.15) is 17.3 Å². The maximum absolute atomic E-state index is 13.4. The molecule has 4 rings (SSSR count). The van der Waals surface area contributed by atoms with Crippen LogP contribution in [-0.4, -0.2) is 39.8 Å². The highest BCUT2D eigenvalue weighted by molar-refractivity contribution is 5.94. The third-order valence-electron chi connectivity index (χ3n) is 5.04. The number of aromatic nitrogens is 2. The number of hydrogen-bond acceptors (Lipinski definition) is 4. The molecule has 1 aromatic carbocycles. The molecule has 0 N–H and O–H groups in total. The van der Waals surface area contributed by atoms with Crippen LogP contribution in [0.25, 0.3) is 11.3 Å². The number of nitrogens with zero attached hydrogens (tertiary/aromatic N) is 3. The third-order valence-corrected chi connectivity index (χ3v) is 5.04. The van der Waals surface area contributed by atoms with Gasteiger partial charge in [-0.2, -0.15) is 5.10 Å². The van der Waals surface area contributed by atoms with E-state index >= 15 is 0 Å². The smallest absolute Gasteiger partial charge is 0.272 e. The van der Waals surface area contributed by atoms with Crippen LogP contribution in [0, 0.1) is 5.82 Å². The summed E-state index contributed by atoms with van der Waals surface area (Å²) >= 11 is 0. The number of ether oxygens (including phenoxy) is 1. The number of amides is 1. The van der Waals surface area contributed by atoms with Gasteiger partial charge in [0.2, 0.25) is 0 Å². The fraction of sp³-hybridized carbons (Fsp3) is 0.333. The van der Waals surface area contributed by atoms with Gasteiger partial charge in [-0.05, 0) is 55.3 Å². The number of carbonyl (C=O) groups is 1. The minimum Gasteiger partial charge on any atom is -0.467 e. The Labute approximate surface area is 162 Å². The van der Waals surface area contributed by atoms with Crippen LogP contribution in [0.2, 0.25) is 0 Å². The summed E-state index contributed by atoms with van der Waals surface area (Å²) in [5.74, 6) is 0.326. The highest BCUT2D eigenvalue weighted by atomic mass is 19.1. The normalized spacial score (nSPS) is 14.9. The van der Waals surface area contributed by atoms with E-state index < -0.39 is 0 Å². The van der Waals surface area contributed by atoms with Gasteiger partial charge in [-0.25, -0.2) is 4.39 Å². The van der Waals surface area contributed by atoms with E-state index in [1.54, 1.807) is 36.2 Å². The van der Waals surface area contributed by atoms with Crippen molar-refractivity contribution in [3.05, 3.63) is 66.0 Å². The fourth-order valence-corrected chi connectivity index (χ4v) is 3.51. The Bertz CT molecular complexity index is 928. The molecule has 0 saturated carbocycles. The van der Waals surface area contributed by atoms with E-state index in [1.807, 2.05) is 17.0 Å². The van der Waals surface area contributed by atoms with Gasteiger partial charge in [-0.3, -0.25) is 9.48 Å². The van der Waals surface area contributed by atoms with Crippen LogP contribution in [0.5, 0.6) is 0 Å². The first-order valence-corrected chi connectivity index (χ1v) is 9.33. The van der Waals surface area contributed by atoms with Crippen molar-refractivity contribution in [2.45, 2.75) is 25.4 Å². The van der Waals surface area contributed by atoms with Gasteiger partial charge in [0.05, 0.1) is 18.5 Å². The van der Waals surface area contributed by atoms with E-state index in [2.05, 4.69) is 5.10 Å². The zero-order valence-corrected chi connectivity index (χ0v) is 15.7. The van der Waals surface area contributed by atoms with E-state index in [1.165, 1.54) is 12.1 Å². The minimum absolute atomic E-state index is 0.0792. The molecule has 0 atom stereocenters. The Morgan fingerprint density at radius 3 is 2.68 bits per heavy atom. The van der Waals surface area contributed by atoms with Crippen LogP contribution < -0.4 is 0 Å². The molecule has 1 fully saturated rings. The molecule has 6 nitrogen and oxygen atoms in total. The van der Waals surface area contributed by atoms with Crippen LogP contribution in [0.15, 0.2) is 53.1 Å². The lowest BCUT2D eigenvalue weighted by atomic mass is 10.1. The first kappa shape index (κ1) is 18.4. The molecule has 3 heterocycles. The van der Waals surface area contributed by atoms with Crippen molar-refractivity contribution >= 4 is 5.91 Å². The van der Waals surface area contributed by atoms with Crippen LogP contribution in [0.3, 0.4) is 0 Å². The van der Waals surface area contributed by atoms with Gasteiger partial charge in [0.15, 0.2) is 0 Å². The van der Waals surface area contributed by atoms with Crippen molar-refractivity contribution < 1.29 is 18.3 Å². The van der Waals surface area contributed by atoms with E-state index in [0.29, 0.717) is 31.1 Å². The number of rotatable bonds is 5. The fourth-order valence-electron chi connectivity index (χ4n) is 3.51. The number of carbonyl (C=O) groups excluding carboxylic acids is 1. The topological polar surface area (TPSA) is 60.5 Å². The number of hydrogen-bond donors (Lipinski definition) is 0. The van der Waals surface area contributed by atoms with Crippen molar-refractivity contribution in [3.8, 4) is 11.3 Å². The van der Waals surface area contributed by atoms with Gasteiger partial charge >= 0.3 is 0 Å². The third kappa shape index (κ3) is 3.84. The van der Waals surface area contributed by atoms with Gasteiger partial charge in [0.25, 0.3) is 5.91 Å². The van der Waals surface area contributed by atoms with Crippen molar-refractivity contribution in [1.29, 1.82) is 0 Å².